The van der Waals surface area contributed by atoms with Crippen molar-refractivity contribution in [2.45, 2.75) is 50.6 Å². The average molecular weight is 397 g/mol. The monoisotopic (exact) mass is 397 g/mol. The summed E-state index contributed by atoms with van der Waals surface area (Å²) < 4.78 is 1.54. The number of aromatic nitrogens is 4. The SMILES string of the molecule is O=C(CCCN1C(=O)NC2(CCCC2)C1=O)NCc1cccnc1-n1cncn1. The molecule has 4 amide bonds. The highest BCUT2D eigenvalue weighted by Gasteiger charge is 2.51. The molecule has 10 nitrogen and oxygen atoms in total. The summed E-state index contributed by atoms with van der Waals surface area (Å²) in [5.41, 5.74) is 0.112. The Kier molecular flexibility index (Phi) is 5.24. The second kappa shape index (κ2) is 7.98. The molecule has 0 atom stereocenters. The van der Waals surface area contributed by atoms with Gasteiger partial charge in [0.05, 0.1) is 0 Å². The van der Waals surface area contributed by atoms with E-state index < -0.39 is 5.54 Å². The largest absolute Gasteiger partial charge is 0.352 e. The Bertz CT molecular complexity index is 906. The first-order valence-electron chi connectivity index (χ1n) is 9.79. The maximum absolute atomic E-state index is 12.6. The molecule has 1 spiro atoms. The number of urea groups is 1. The summed E-state index contributed by atoms with van der Waals surface area (Å²) in [4.78, 5) is 46.4. The Morgan fingerprint density at radius 1 is 1.28 bits per heavy atom. The fraction of sp³-hybridized carbons (Fsp3) is 0.474. The summed E-state index contributed by atoms with van der Waals surface area (Å²) in [7, 11) is 0. The molecule has 2 aliphatic rings. The second-order valence-electron chi connectivity index (χ2n) is 7.38. The number of amides is 4. The van der Waals surface area contributed by atoms with Gasteiger partial charge < -0.3 is 10.6 Å². The van der Waals surface area contributed by atoms with Crippen molar-refractivity contribution in [2.75, 3.05) is 6.54 Å². The molecule has 2 aromatic heterocycles. The van der Waals surface area contributed by atoms with Crippen LogP contribution in [0.4, 0.5) is 4.79 Å². The van der Waals surface area contributed by atoms with Crippen molar-refractivity contribution in [1.29, 1.82) is 0 Å². The van der Waals surface area contributed by atoms with Crippen molar-refractivity contribution < 1.29 is 14.4 Å². The topological polar surface area (TPSA) is 122 Å². The van der Waals surface area contributed by atoms with E-state index in [4.69, 9.17) is 0 Å². The van der Waals surface area contributed by atoms with Gasteiger partial charge in [0, 0.05) is 31.3 Å². The zero-order valence-electron chi connectivity index (χ0n) is 16.0. The first kappa shape index (κ1) is 19.0. The Labute approximate surface area is 167 Å². The second-order valence-corrected chi connectivity index (χ2v) is 7.38. The van der Waals surface area contributed by atoms with E-state index in [1.165, 1.54) is 15.9 Å². The molecule has 3 heterocycles. The number of pyridine rings is 1. The maximum atomic E-state index is 12.6. The van der Waals surface area contributed by atoms with E-state index in [1.54, 1.807) is 18.6 Å². The van der Waals surface area contributed by atoms with Crippen LogP contribution in [-0.4, -0.2) is 54.6 Å². The van der Waals surface area contributed by atoms with Crippen LogP contribution in [0, 0.1) is 0 Å². The lowest BCUT2D eigenvalue weighted by molar-refractivity contribution is -0.131. The predicted molar refractivity (Wildman–Crippen MR) is 102 cm³/mol. The number of carbonyl (C=O) groups excluding carboxylic acids is 3. The standard InChI is InChI=1S/C19H23N7O3/c27-15(22-11-14-5-3-9-21-16(14)26-13-20-12-23-26)6-4-10-25-17(28)19(24-18(25)29)7-1-2-8-19/h3,5,9,12-13H,1-2,4,6-8,10-11H2,(H,22,27)(H,24,29). The first-order valence-corrected chi connectivity index (χ1v) is 9.79. The number of nitrogens with one attached hydrogen (secondary N) is 2. The van der Waals surface area contributed by atoms with E-state index in [0.717, 1.165) is 18.4 Å². The number of hydrogen-bond acceptors (Lipinski definition) is 6. The fourth-order valence-electron chi connectivity index (χ4n) is 3.97. The molecule has 0 unspecified atom stereocenters. The zero-order chi connectivity index (χ0) is 20.3. The third-order valence-corrected chi connectivity index (χ3v) is 5.47. The van der Waals surface area contributed by atoms with Gasteiger partial charge in [-0.15, -0.1) is 0 Å². The van der Waals surface area contributed by atoms with E-state index in [2.05, 4.69) is 25.7 Å². The zero-order valence-corrected chi connectivity index (χ0v) is 16.0. The van der Waals surface area contributed by atoms with Crippen LogP contribution in [0.3, 0.4) is 0 Å². The van der Waals surface area contributed by atoms with Crippen LogP contribution in [-0.2, 0) is 16.1 Å². The van der Waals surface area contributed by atoms with Gasteiger partial charge in [0.25, 0.3) is 5.91 Å². The van der Waals surface area contributed by atoms with Crippen LogP contribution >= 0.6 is 0 Å². The summed E-state index contributed by atoms with van der Waals surface area (Å²) in [5, 5.41) is 9.77. The van der Waals surface area contributed by atoms with Crippen LogP contribution in [0.5, 0.6) is 0 Å². The van der Waals surface area contributed by atoms with E-state index in [0.29, 0.717) is 31.6 Å². The molecule has 2 N–H and O–H groups in total. The molecular weight excluding hydrogens is 374 g/mol. The van der Waals surface area contributed by atoms with Gasteiger partial charge in [0.15, 0.2) is 5.82 Å². The highest BCUT2D eigenvalue weighted by molar-refractivity contribution is 6.07. The Morgan fingerprint density at radius 3 is 2.86 bits per heavy atom. The maximum Gasteiger partial charge on any atom is 0.325 e. The first-order chi connectivity index (χ1) is 14.1. The fourth-order valence-corrected chi connectivity index (χ4v) is 3.97. The smallest absolute Gasteiger partial charge is 0.325 e. The molecule has 152 valence electrons. The quantitative estimate of drug-likeness (QED) is 0.670. The van der Waals surface area contributed by atoms with Gasteiger partial charge in [0.1, 0.15) is 18.2 Å². The van der Waals surface area contributed by atoms with Crippen LogP contribution < -0.4 is 10.6 Å². The lowest BCUT2D eigenvalue weighted by Gasteiger charge is -2.19. The van der Waals surface area contributed by atoms with Crippen molar-refractivity contribution in [3.8, 4) is 5.82 Å². The van der Waals surface area contributed by atoms with Crippen LogP contribution in [0.15, 0.2) is 31.0 Å². The molecule has 0 radical (unpaired) electrons. The van der Waals surface area contributed by atoms with E-state index in [9.17, 15) is 14.4 Å². The van der Waals surface area contributed by atoms with Gasteiger partial charge in [0.2, 0.25) is 5.91 Å². The van der Waals surface area contributed by atoms with E-state index in [1.807, 2.05) is 6.07 Å². The van der Waals surface area contributed by atoms with Crippen LogP contribution in [0.1, 0.15) is 44.1 Å². The lowest BCUT2D eigenvalue weighted by atomic mass is 9.98. The van der Waals surface area contributed by atoms with Crippen molar-refractivity contribution in [1.82, 2.24) is 35.3 Å². The summed E-state index contributed by atoms with van der Waals surface area (Å²) in [5.74, 6) is 0.306. The molecular formula is C19H23N7O3. The minimum atomic E-state index is -0.697. The van der Waals surface area contributed by atoms with Crippen molar-refractivity contribution in [3.05, 3.63) is 36.5 Å². The summed E-state index contributed by atoms with van der Waals surface area (Å²) in [6, 6.07) is 3.31. The molecule has 10 heteroatoms. The van der Waals surface area contributed by atoms with Crippen molar-refractivity contribution in [2.24, 2.45) is 0 Å². The van der Waals surface area contributed by atoms with Gasteiger partial charge in [-0.3, -0.25) is 14.5 Å². The minimum Gasteiger partial charge on any atom is -0.352 e. The van der Waals surface area contributed by atoms with Gasteiger partial charge in [-0.2, -0.15) is 5.10 Å². The Hall–Kier alpha value is -3.30. The number of carbonyl (C=O) groups is 3. The predicted octanol–water partition coefficient (Wildman–Crippen LogP) is 0.923. The van der Waals surface area contributed by atoms with E-state index >= 15 is 0 Å². The molecule has 1 saturated heterocycles. The van der Waals surface area contributed by atoms with Gasteiger partial charge >= 0.3 is 6.03 Å². The highest BCUT2D eigenvalue weighted by atomic mass is 16.2. The molecule has 29 heavy (non-hydrogen) atoms. The molecule has 1 aliphatic carbocycles. The van der Waals surface area contributed by atoms with Crippen molar-refractivity contribution >= 4 is 17.8 Å². The molecule has 2 fully saturated rings. The number of nitrogens with zero attached hydrogens (tertiary/aromatic N) is 5. The number of hydrogen-bond donors (Lipinski definition) is 2. The third kappa shape index (κ3) is 3.82. The molecule has 0 aromatic carbocycles. The van der Waals surface area contributed by atoms with E-state index in [-0.39, 0.29) is 30.8 Å². The Balaban J connectivity index is 1.26. The van der Waals surface area contributed by atoms with Gasteiger partial charge in [-0.1, -0.05) is 18.9 Å². The summed E-state index contributed by atoms with van der Waals surface area (Å²) in [6.07, 6.45) is 8.57. The Morgan fingerprint density at radius 2 is 2.10 bits per heavy atom. The molecule has 2 aromatic rings. The number of rotatable bonds is 7. The molecule has 0 bridgehead atoms. The lowest BCUT2D eigenvalue weighted by Crippen LogP contribution is -2.44. The van der Waals surface area contributed by atoms with Crippen molar-refractivity contribution in [3.63, 3.8) is 0 Å². The summed E-state index contributed by atoms with van der Waals surface area (Å²) in [6.45, 7) is 0.547. The average Bonchev–Trinajstić information content (AvgIpc) is 3.46. The van der Waals surface area contributed by atoms with Gasteiger partial charge in [-0.05, 0) is 25.3 Å². The normalized spacial score (nSPS) is 17.7. The van der Waals surface area contributed by atoms with Crippen LogP contribution in [0.25, 0.3) is 5.82 Å². The van der Waals surface area contributed by atoms with Gasteiger partial charge in [-0.25, -0.2) is 19.4 Å². The molecule has 4 rings (SSSR count). The highest BCUT2D eigenvalue weighted by Crippen LogP contribution is 2.35. The third-order valence-electron chi connectivity index (χ3n) is 5.47. The minimum absolute atomic E-state index is 0.145. The molecule has 1 saturated carbocycles. The van der Waals surface area contributed by atoms with Crippen LogP contribution in [0.2, 0.25) is 0 Å². The summed E-state index contributed by atoms with van der Waals surface area (Å²) >= 11 is 0. The number of imide groups is 1. The molecule has 1 aliphatic heterocycles.